The van der Waals surface area contributed by atoms with Crippen LogP contribution in [-0.4, -0.2) is 163 Å². The summed E-state index contributed by atoms with van der Waals surface area (Å²) >= 11 is 0. The number of likely N-dealkylation sites (tertiary alicyclic amines) is 1. The van der Waals surface area contributed by atoms with Gasteiger partial charge in [0.05, 0.1) is 49.4 Å². The zero-order valence-electron chi connectivity index (χ0n) is 40.4. The van der Waals surface area contributed by atoms with Gasteiger partial charge in [0.15, 0.2) is 0 Å². The topological polar surface area (TPSA) is 163 Å². The molecular formula is C49H68F3N9O7. The SMILES string of the molecule is CO[C@@H](C)c1ncccc1-c1c2c3cc(ccc3n1CC(F)(F)F)[C@H]1CCCN(C1)C[C@H](NC(=O)[C@H](C(C)C)N(C)C(=O)N1C[C@@H]3OCCN[C@@H]3C1)C(=O)N1CCC[C@H](N1)C(=O)OCC(C)(C)C2. The summed E-state index contributed by atoms with van der Waals surface area (Å²) in [4.78, 5) is 67.2. The van der Waals surface area contributed by atoms with E-state index in [1.807, 2.05) is 46.8 Å². The number of carbonyl (C=O) groups is 4. The van der Waals surface area contributed by atoms with Crippen LogP contribution in [0.1, 0.15) is 89.1 Å². The summed E-state index contributed by atoms with van der Waals surface area (Å²) < 4.78 is 63.1. The molecule has 1 aromatic carbocycles. The number of hydrogen-bond acceptors (Lipinski definition) is 11. The molecule has 19 heteroatoms. The van der Waals surface area contributed by atoms with E-state index < -0.39 is 60.1 Å². The molecule has 5 aliphatic rings. The molecule has 8 atom stereocenters. The first-order chi connectivity index (χ1) is 32.3. The van der Waals surface area contributed by atoms with E-state index in [1.165, 1.54) is 21.6 Å². The average molecular weight is 952 g/mol. The van der Waals surface area contributed by atoms with Gasteiger partial charge in [-0.1, -0.05) is 33.8 Å². The summed E-state index contributed by atoms with van der Waals surface area (Å²) in [7, 11) is 3.15. The fraction of sp³-hybridized carbons (Fsp3) is 0.653. The van der Waals surface area contributed by atoms with Gasteiger partial charge in [-0.25, -0.2) is 10.2 Å². The van der Waals surface area contributed by atoms with E-state index in [1.54, 1.807) is 36.3 Å². The fourth-order valence-corrected chi connectivity index (χ4v) is 11.0. The number of nitrogens with zero attached hydrogens (tertiary/aromatic N) is 6. The van der Waals surface area contributed by atoms with Crippen LogP contribution in [0.25, 0.3) is 22.2 Å². The third-order valence-corrected chi connectivity index (χ3v) is 14.4. The Hall–Kier alpha value is -4.82. The first-order valence-corrected chi connectivity index (χ1v) is 24.2. The van der Waals surface area contributed by atoms with E-state index >= 15 is 0 Å². The van der Waals surface area contributed by atoms with E-state index in [-0.39, 0.29) is 49.6 Å². The largest absolute Gasteiger partial charge is 0.464 e. The Balaban J connectivity index is 1.16. The third-order valence-electron chi connectivity index (χ3n) is 14.4. The van der Waals surface area contributed by atoms with Crippen molar-refractivity contribution in [2.24, 2.45) is 11.3 Å². The number of aromatic nitrogens is 2. The maximum atomic E-state index is 14.7. The molecule has 0 spiro atoms. The molecule has 16 nitrogen and oxygen atoms in total. The lowest BCUT2D eigenvalue weighted by Crippen LogP contribution is -2.64. The molecule has 0 radical (unpaired) electrons. The highest BCUT2D eigenvalue weighted by Crippen LogP contribution is 2.43. The van der Waals surface area contributed by atoms with Crippen molar-refractivity contribution in [2.45, 2.75) is 122 Å². The number of hydrogen-bond donors (Lipinski definition) is 3. The number of morpholine rings is 1. The van der Waals surface area contributed by atoms with Crippen molar-refractivity contribution in [2.75, 3.05) is 73.2 Å². The van der Waals surface area contributed by atoms with Gasteiger partial charge in [-0.2, -0.15) is 13.2 Å². The van der Waals surface area contributed by atoms with Gasteiger partial charge in [-0.15, -0.1) is 0 Å². The molecule has 0 aliphatic carbocycles. The second-order valence-electron chi connectivity index (χ2n) is 20.5. The molecule has 6 bridgehead atoms. The number of cyclic esters (lactones) is 1. The lowest BCUT2D eigenvalue weighted by Gasteiger charge is -2.39. The van der Waals surface area contributed by atoms with Crippen LogP contribution in [0.2, 0.25) is 0 Å². The summed E-state index contributed by atoms with van der Waals surface area (Å²) in [6.07, 6.45) is -0.882. The molecule has 3 N–H and O–H groups in total. The molecule has 3 aromatic rings. The van der Waals surface area contributed by atoms with Crippen LogP contribution in [0.5, 0.6) is 0 Å². The minimum atomic E-state index is -4.56. The molecule has 1 unspecified atom stereocenters. The molecule has 4 amide bonds. The maximum Gasteiger partial charge on any atom is 0.406 e. The van der Waals surface area contributed by atoms with Crippen molar-refractivity contribution >= 4 is 34.7 Å². The van der Waals surface area contributed by atoms with Crippen molar-refractivity contribution in [3.63, 3.8) is 0 Å². The quantitative estimate of drug-likeness (QED) is 0.261. The van der Waals surface area contributed by atoms with Gasteiger partial charge >= 0.3 is 18.2 Å². The van der Waals surface area contributed by atoms with Crippen molar-refractivity contribution < 1.29 is 46.6 Å². The number of amides is 4. The second-order valence-corrected chi connectivity index (χ2v) is 20.5. The Morgan fingerprint density at radius 3 is 2.57 bits per heavy atom. The molecule has 5 aliphatic heterocycles. The predicted octanol–water partition coefficient (Wildman–Crippen LogP) is 5.01. The second kappa shape index (κ2) is 20.3. The number of ether oxygens (including phenoxy) is 3. The van der Waals surface area contributed by atoms with E-state index in [4.69, 9.17) is 14.2 Å². The first-order valence-electron chi connectivity index (χ1n) is 24.2. The minimum Gasteiger partial charge on any atom is -0.464 e. The van der Waals surface area contributed by atoms with Gasteiger partial charge in [0.25, 0.3) is 5.91 Å². The molecule has 4 fully saturated rings. The number of halogens is 3. The van der Waals surface area contributed by atoms with Crippen LogP contribution in [0.4, 0.5) is 18.0 Å². The first kappa shape index (κ1) is 49.6. The Morgan fingerprint density at radius 1 is 1.06 bits per heavy atom. The fourth-order valence-electron chi connectivity index (χ4n) is 11.0. The molecular weight excluding hydrogens is 884 g/mol. The highest BCUT2D eigenvalue weighted by molar-refractivity contribution is 5.94. The van der Waals surface area contributed by atoms with Crippen LogP contribution in [-0.2, 0) is 41.6 Å². The number of alkyl halides is 3. The predicted molar refractivity (Wildman–Crippen MR) is 248 cm³/mol. The van der Waals surface area contributed by atoms with Gasteiger partial charge in [0, 0.05) is 75.0 Å². The van der Waals surface area contributed by atoms with E-state index in [9.17, 15) is 32.3 Å². The summed E-state index contributed by atoms with van der Waals surface area (Å²) in [6, 6.07) is 6.07. The Labute approximate surface area is 396 Å². The zero-order chi connectivity index (χ0) is 48.7. The number of nitrogens with one attached hydrogen (secondary N) is 3. The number of benzene rings is 1. The van der Waals surface area contributed by atoms with Gasteiger partial charge in [-0.05, 0) is 92.8 Å². The molecule has 7 heterocycles. The number of urea groups is 1. The zero-order valence-corrected chi connectivity index (χ0v) is 40.4. The van der Waals surface area contributed by atoms with Crippen LogP contribution in [0.15, 0.2) is 36.5 Å². The van der Waals surface area contributed by atoms with Crippen LogP contribution in [0, 0.1) is 11.3 Å². The number of rotatable bonds is 8. The number of carbonyl (C=O) groups excluding carboxylic acids is 4. The molecule has 8 rings (SSSR count). The smallest absolute Gasteiger partial charge is 0.406 e. The monoisotopic (exact) mass is 952 g/mol. The maximum absolute atomic E-state index is 14.7. The van der Waals surface area contributed by atoms with E-state index in [0.29, 0.717) is 92.1 Å². The average Bonchev–Trinajstić information content (AvgIpc) is 3.87. The lowest BCUT2D eigenvalue weighted by atomic mass is 9.83. The molecule has 68 heavy (non-hydrogen) atoms. The lowest BCUT2D eigenvalue weighted by molar-refractivity contribution is -0.155. The molecule has 2 aromatic heterocycles. The summed E-state index contributed by atoms with van der Waals surface area (Å²) in [6.45, 7) is 11.8. The highest BCUT2D eigenvalue weighted by Gasteiger charge is 2.43. The van der Waals surface area contributed by atoms with Crippen LogP contribution in [0.3, 0.4) is 0 Å². The Kier molecular flexibility index (Phi) is 14.8. The van der Waals surface area contributed by atoms with Crippen molar-refractivity contribution in [3.05, 3.63) is 53.3 Å². The summed E-state index contributed by atoms with van der Waals surface area (Å²) in [5, 5.41) is 8.56. The van der Waals surface area contributed by atoms with Gasteiger partial charge in [0.2, 0.25) is 5.91 Å². The summed E-state index contributed by atoms with van der Waals surface area (Å²) in [5.74, 6) is -1.81. The third kappa shape index (κ3) is 10.7. The number of likely N-dealkylation sites (N-methyl/N-ethyl adjacent to an activating group) is 1. The van der Waals surface area contributed by atoms with Crippen molar-refractivity contribution in [1.82, 2.24) is 45.3 Å². The van der Waals surface area contributed by atoms with Crippen molar-refractivity contribution in [1.29, 1.82) is 0 Å². The minimum absolute atomic E-state index is 0.0113. The van der Waals surface area contributed by atoms with E-state index in [2.05, 4.69) is 25.9 Å². The Morgan fingerprint density at radius 2 is 1.84 bits per heavy atom. The van der Waals surface area contributed by atoms with Crippen LogP contribution >= 0.6 is 0 Å². The van der Waals surface area contributed by atoms with Crippen molar-refractivity contribution in [3.8, 4) is 11.3 Å². The number of esters is 1. The van der Waals surface area contributed by atoms with E-state index in [0.717, 1.165) is 18.4 Å². The standard InChI is InChI=1S/C49H68F3N9O7/c1-29(2)42(57(6)47(65)59-25-37-40(26-59)67-20-17-53-37)44(62)55-38-24-58-18-9-11-32(23-58)31-14-15-39-34(21-31)35(22-48(4,5)28-68-46(64)36-13-10-19-61(56-36)45(38)63)43(60(39)27-49(50,51)52)33-12-8-16-54-41(33)30(3)66-7/h8,12,14-16,21,29-30,32,36-38,40,42,53,56H,9-11,13,17-20,22-28H2,1-7H3,(H,55,62)/t30-,32-,36-,37+,38-,40-,42-/m0/s1. The van der Waals surface area contributed by atoms with Gasteiger partial charge < -0.3 is 44.1 Å². The summed E-state index contributed by atoms with van der Waals surface area (Å²) in [5.41, 5.74) is 5.81. The molecule has 372 valence electrons. The number of methoxy groups -OCH3 is 1. The van der Waals surface area contributed by atoms with Gasteiger partial charge in [-0.3, -0.25) is 24.4 Å². The number of hydrazine groups is 1. The van der Waals surface area contributed by atoms with Crippen LogP contribution < -0.4 is 16.1 Å². The number of piperidine rings is 1. The number of fused-ring (bicyclic) bond motifs is 7. The highest BCUT2D eigenvalue weighted by atomic mass is 19.4. The normalized spacial score (nSPS) is 26.8. The molecule has 0 saturated carbocycles. The Bertz CT molecular complexity index is 2330. The van der Waals surface area contributed by atoms with Gasteiger partial charge in [0.1, 0.15) is 24.7 Å². The number of pyridine rings is 1. The molecule has 4 saturated heterocycles.